The van der Waals surface area contributed by atoms with Gasteiger partial charge in [0, 0.05) is 0 Å². The number of rotatable bonds is 3. The van der Waals surface area contributed by atoms with E-state index in [0.717, 1.165) is 15.6 Å². The number of halogens is 4. The topological polar surface area (TPSA) is 0 Å². The van der Waals surface area contributed by atoms with Gasteiger partial charge >= 0.3 is 0 Å². The van der Waals surface area contributed by atoms with Crippen LogP contribution in [0.3, 0.4) is 0 Å². The van der Waals surface area contributed by atoms with E-state index in [1.165, 1.54) is 36.4 Å². The molecule has 0 aliphatic rings. The van der Waals surface area contributed by atoms with Crippen molar-refractivity contribution in [3.63, 3.8) is 0 Å². The normalized spacial score (nSPS) is 11.5. The number of benzene rings is 3. The summed E-state index contributed by atoms with van der Waals surface area (Å²) in [5.74, 6) is -1.08. The van der Waals surface area contributed by atoms with Crippen molar-refractivity contribution in [3.05, 3.63) is 90.2 Å². The van der Waals surface area contributed by atoms with Crippen molar-refractivity contribution in [3.8, 4) is 0 Å². The molecule has 0 atom stereocenters. The van der Waals surface area contributed by atoms with Crippen LogP contribution in [0.15, 0.2) is 72.8 Å². The summed E-state index contributed by atoms with van der Waals surface area (Å²) < 4.78 is 39.8. The van der Waals surface area contributed by atoms with Crippen molar-refractivity contribution >= 4 is 34.0 Å². The van der Waals surface area contributed by atoms with E-state index in [2.05, 4.69) is 0 Å². The molecule has 0 unspecified atom stereocenters. The van der Waals surface area contributed by atoms with Crippen LogP contribution in [-0.4, -0.2) is 7.38 Å². The first kappa shape index (κ1) is 15.8. The molecule has 0 amide bonds. The van der Waals surface area contributed by atoms with Crippen molar-refractivity contribution in [2.45, 2.75) is 0 Å². The molecular formula is C18H12ClF3Si. The predicted octanol–water partition coefficient (Wildman–Crippen LogP) is 3.31. The van der Waals surface area contributed by atoms with Crippen molar-refractivity contribution in [1.82, 2.24) is 0 Å². The fourth-order valence-electron chi connectivity index (χ4n) is 2.54. The van der Waals surface area contributed by atoms with Gasteiger partial charge in [-0.2, -0.15) is 0 Å². The summed E-state index contributed by atoms with van der Waals surface area (Å²) in [6.07, 6.45) is 0. The van der Waals surface area contributed by atoms with E-state index in [1.54, 1.807) is 36.4 Å². The summed E-state index contributed by atoms with van der Waals surface area (Å²) >= 11 is 7.04. The molecule has 0 saturated carbocycles. The smallest absolute Gasteiger partial charge is 0.207 e. The lowest BCUT2D eigenvalue weighted by Crippen LogP contribution is -2.62. The van der Waals surface area contributed by atoms with Crippen molar-refractivity contribution < 1.29 is 13.2 Å². The highest BCUT2D eigenvalue weighted by molar-refractivity contribution is 7.40. The van der Waals surface area contributed by atoms with Crippen LogP contribution in [0.5, 0.6) is 0 Å². The molecule has 0 heterocycles. The second-order valence-electron chi connectivity index (χ2n) is 5.18. The Hall–Kier alpha value is -2.04. The van der Waals surface area contributed by atoms with Gasteiger partial charge in [0.15, 0.2) is 0 Å². The Morgan fingerprint density at radius 3 is 0.913 bits per heavy atom. The van der Waals surface area contributed by atoms with Crippen LogP contribution in [-0.2, 0) is 0 Å². The van der Waals surface area contributed by atoms with E-state index < -0.39 is 7.38 Å². The second-order valence-corrected chi connectivity index (χ2v) is 9.93. The third-order valence-electron chi connectivity index (χ3n) is 3.73. The number of hydrogen-bond acceptors (Lipinski definition) is 0. The zero-order valence-corrected chi connectivity index (χ0v) is 13.7. The molecule has 0 aliphatic heterocycles. The molecule has 0 aromatic heterocycles. The lowest BCUT2D eigenvalue weighted by molar-refractivity contribution is 0.628. The maximum Gasteiger partial charge on any atom is 0.247 e. The van der Waals surface area contributed by atoms with Crippen LogP contribution in [0, 0.1) is 17.5 Å². The predicted molar refractivity (Wildman–Crippen MR) is 89.7 cm³/mol. The highest BCUT2D eigenvalue weighted by Gasteiger charge is 2.38. The Labute approximate surface area is 137 Å². The summed E-state index contributed by atoms with van der Waals surface area (Å²) in [6.45, 7) is 0. The molecule has 23 heavy (non-hydrogen) atoms. The maximum atomic E-state index is 13.3. The molecule has 116 valence electrons. The molecule has 0 saturated heterocycles. The van der Waals surface area contributed by atoms with E-state index in [4.69, 9.17) is 11.1 Å². The number of hydrogen-bond donors (Lipinski definition) is 0. The highest BCUT2D eigenvalue weighted by atomic mass is 35.6. The van der Waals surface area contributed by atoms with Gasteiger partial charge in [-0.15, -0.1) is 11.1 Å². The van der Waals surface area contributed by atoms with Gasteiger partial charge in [0.25, 0.3) is 0 Å². The Morgan fingerprint density at radius 2 is 0.696 bits per heavy atom. The Bertz CT molecular complexity index is 688. The lowest BCUT2D eigenvalue weighted by atomic mass is 10.3. The van der Waals surface area contributed by atoms with Gasteiger partial charge in [-0.3, -0.25) is 0 Å². The summed E-state index contributed by atoms with van der Waals surface area (Å²) in [7, 11) is -2.97. The lowest BCUT2D eigenvalue weighted by Gasteiger charge is -2.26. The highest BCUT2D eigenvalue weighted by Crippen LogP contribution is 2.13. The van der Waals surface area contributed by atoms with E-state index >= 15 is 0 Å². The minimum atomic E-state index is -2.97. The van der Waals surface area contributed by atoms with Crippen molar-refractivity contribution in [1.29, 1.82) is 0 Å². The zero-order valence-electron chi connectivity index (χ0n) is 11.9. The van der Waals surface area contributed by atoms with Crippen LogP contribution >= 0.6 is 11.1 Å². The van der Waals surface area contributed by atoms with Gasteiger partial charge in [-0.05, 0) is 52.0 Å². The fraction of sp³-hybridized carbons (Fsp3) is 0. The fourth-order valence-corrected chi connectivity index (χ4v) is 6.55. The van der Waals surface area contributed by atoms with E-state index in [-0.39, 0.29) is 17.5 Å². The third-order valence-corrected chi connectivity index (χ3v) is 9.08. The van der Waals surface area contributed by atoms with Crippen molar-refractivity contribution in [2.75, 3.05) is 0 Å². The molecule has 0 bridgehead atoms. The van der Waals surface area contributed by atoms with Crippen LogP contribution in [0.25, 0.3) is 0 Å². The van der Waals surface area contributed by atoms with E-state index in [9.17, 15) is 13.2 Å². The second kappa shape index (κ2) is 6.22. The van der Waals surface area contributed by atoms with Gasteiger partial charge in [-0.25, -0.2) is 13.2 Å². The van der Waals surface area contributed by atoms with Gasteiger partial charge in [0.1, 0.15) is 17.5 Å². The molecule has 5 heteroatoms. The molecule has 3 aromatic rings. The molecule has 0 radical (unpaired) electrons. The minimum absolute atomic E-state index is 0.361. The Kier molecular flexibility index (Phi) is 4.28. The monoisotopic (exact) mass is 348 g/mol. The zero-order chi connectivity index (χ0) is 16.4. The van der Waals surface area contributed by atoms with Crippen molar-refractivity contribution in [2.24, 2.45) is 0 Å². The molecule has 3 rings (SSSR count). The average Bonchev–Trinajstić information content (AvgIpc) is 2.56. The Morgan fingerprint density at radius 1 is 0.478 bits per heavy atom. The van der Waals surface area contributed by atoms with Gasteiger partial charge in [-0.1, -0.05) is 36.4 Å². The van der Waals surface area contributed by atoms with Crippen LogP contribution in [0.1, 0.15) is 0 Å². The molecule has 3 aromatic carbocycles. The third kappa shape index (κ3) is 3.05. The van der Waals surface area contributed by atoms with Crippen LogP contribution in [0.4, 0.5) is 13.2 Å². The molecule has 0 aliphatic carbocycles. The minimum Gasteiger partial charge on any atom is -0.207 e. The largest absolute Gasteiger partial charge is 0.247 e. The average molecular weight is 349 g/mol. The molecule has 0 N–H and O–H groups in total. The van der Waals surface area contributed by atoms with Crippen LogP contribution in [0.2, 0.25) is 0 Å². The standard InChI is InChI=1S/C18H12ClF3Si/c19-23(16-7-1-13(20)2-8-16,17-9-3-14(21)4-10-17)18-11-5-15(22)6-12-18/h1-12H. The Balaban J connectivity index is 2.21. The molecule has 0 fully saturated rings. The summed E-state index contributed by atoms with van der Waals surface area (Å²) in [5, 5.41) is 2.25. The first-order valence-corrected chi connectivity index (χ1v) is 9.98. The van der Waals surface area contributed by atoms with Gasteiger partial charge in [0.2, 0.25) is 7.38 Å². The first-order chi connectivity index (χ1) is 11.0. The van der Waals surface area contributed by atoms with Crippen LogP contribution < -0.4 is 15.6 Å². The molecule has 0 spiro atoms. The quantitative estimate of drug-likeness (QED) is 0.387. The van der Waals surface area contributed by atoms with Gasteiger partial charge in [0.05, 0.1) is 0 Å². The summed E-state index contributed by atoms with van der Waals surface area (Å²) in [5.41, 5.74) is 0. The summed E-state index contributed by atoms with van der Waals surface area (Å²) in [6, 6.07) is 17.8. The molecular weight excluding hydrogens is 337 g/mol. The van der Waals surface area contributed by atoms with E-state index in [0.29, 0.717) is 0 Å². The first-order valence-electron chi connectivity index (χ1n) is 6.97. The molecule has 0 nitrogen and oxygen atoms in total. The SMILES string of the molecule is Fc1ccc([Si](Cl)(c2ccc(F)cc2)c2ccc(F)cc2)cc1. The summed E-state index contributed by atoms with van der Waals surface area (Å²) in [4.78, 5) is 0. The maximum absolute atomic E-state index is 13.3. The van der Waals surface area contributed by atoms with Gasteiger partial charge < -0.3 is 0 Å². The van der Waals surface area contributed by atoms with E-state index in [1.807, 2.05) is 0 Å².